The van der Waals surface area contributed by atoms with Crippen molar-refractivity contribution < 1.29 is 9.05 Å². The predicted molar refractivity (Wildman–Crippen MR) is 103 cm³/mol. The van der Waals surface area contributed by atoms with Gasteiger partial charge in [0.1, 0.15) is 0 Å². The van der Waals surface area contributed by atoms with Gasteiger partial charge in [0.25, 0.3) is 8.53 Å². The van der Waals surface area contributed by atoms with Crippen LogP contribution in [0.15, 0.2) is 0 Å². The van der Waals surface area contributed by atoms with Crippen molar-refractivity contribution in [1.29, 1.82) is 5.26 Å². The molecule has 0 amide bonds. The molecule has 1 heterocycles. The Hall–Kier alpha value is 0.500. The Kier molecular flexibility index (Phi) is 9.22. The molecule has 1 saturated heterocycles. The molecule has 1 unspecified atom stereocenters. The molecule has 0 aliphatic carbocycles. The monoisotopic (exact) mass is 378 g/mol. The zero-order chi connectivity index (χ0) is 17.6. The molecule has 134 valence electrons. The first-order chi connectivity index (χ1) is 10.7. The Morgan fingerprint density at radius 2 is 1.87 bits per heavy atom. The number of hydrogen-bond acceptors (Lipinski definition) is 6. The maximum Gasteiger partial charge on any atom is 0.259 e. The molecule has 23 heavy (non-hydrogen) atoms. The molecule has 1 aliphatic heterocycles. The predicted octanol–water partition coefficient (Wildman–Crippen LogP) is 5.60. The van der Waals surface area contributed by atoms with Gasteiger partial charge >= 0.3 is 0 Å². The maximum absolute atomic E-state index is 8.80. The van der Waals surface area contributed by atoms with Crippen molar-refractivity contribution in [2.24, 2.45) is 0 Å². The van der Waals surface area contributed by atoms with Crippen LogP contribution in [0.4, 0.5) is 0 Å². The van der Waals surface area contributed by atoms with E-state index in [1.54, 1.807) is 0 Å². The average molecular weight is 379 g/mol. The molecule has 0 aromatic rings. The highest BCUT2D eigenvalue weighted by atomic mass is 33.1. The first kappa shape index (κ1) is 21.5. The highest BCUT2D eigenvalue weighted by Gasteiger charge is 2.46. The molecule has 0 N–H and O–H groups in total. The van der Waals surface area contributed by atoms with Crippen LogP contribution in [0.25, 0.3) is 0 Å². The SMILES string of the molecule is CC[C@H]1SSC(C)(C)[C@H]1OP(OCCC#N)N(C(C)C)C(C)C. The van der Waals surface area contributed by atoms with Gasteiger partial charge in [0.15, 0.2) is 0 Å². The molecule has 0 spiro atoms. The Bertz CT molecular complexity index is 394. The molecular weight excluding hydrogens is 347 g/mol. The first-order valence-electron chi connectivity index (χ1n) is 8.34. The number of hydrogen-bond donors (Lipinski definition) is 0. The van der Waals surface area contributed by atoms with Crippen LogP contribution in [0.2, 0.25) is 0 Å². The van der Waals surface area contributed by atoms with Crippen molar-refractivity contribution in [1.82, 2.24) is 4.67 Å². The van der Waals surface area contributed by atoms with Crippen LogP contribution in [0.5, 0.6) is 0 Å². The van der Waals surface area contributed by atoms with Gasteiger partial charge in [0.05, 0.1) is 25.2 Å². The van der Waals surface area contributed by atoms with Crippen LogP contribution in [0.3, 0.4) is 0 Å². The molecule has 0 aromatic carbocycles. The zero-order valence-electron chi connectivity index (χ0n) is 15.4. The summed E-state index contributed by atoms with van der Waals surface area (Å²) in [6.45, 7) is 15.9. The highest BCUT2D eigenvalue weighted by molar-refractivity contribution is 8.77. The van der Waals surface area contributed by atoms with E-state index in [4.69, 9.17) is 14.3 Å². The van der Waals surface area contributed by atoms with Gasteiger partial charge in [-0.3, -0.25) is 0 Å². The Labute approximate surface area is 151 Å². The molecule has 0 bridgehead atoms. The topological polar surface area (TPSA) is 45.5 Å². The summed E-state index contributed by atoms with van der Waals surface area (Å²) in [6.07, 6.45) is 1.66. The summed E-state index contributed by atoms with van der Waals surface area (Å²) in [6, 6.07) is 2.84. The maximum atomic E-state index is 8.80. The fourth-order valence-corrected chi connectivity index (χ4v) is 8.17. The van der Waals surface area contributed by atoms with Gasteiger partial charge in [0, 0.05) is 22.1 Å². The van der Waals surface area contributed by atoms with Crippen LogP contribution >= 0.6 is 30.1 Å². The molecule has 1 fully saturated rings. The number of nitrogens with zero attached hydrogens (tertiary/aromatic N) is 2. The highest BCUT2D eigenvalue weighted by Crippen LogP contribution is 2.58. The van der Waals surface area contributed by atoms with Gasteiger partial charge in [-0.05, 0) is 48.0 Å². The van der Waals surface area contributed by atoms with Crippen LogP contribution in [-0.2, 0) is 9.05 Å². The van der Waals surface area contributed by atoms with E-state index in [1.165, 1.54) is 0 Å². The standard InChI is InChI=1S/C16H31N2O2PS2/c1-8-14-15(16(6,7)23-22-14)20-21(19-11-9-10-17)18(12(2)3)13(4)5/h12-15H,8-9,11H2,1-7H3/t14-,15+,21?/m1/s1. The summed E-state index contributed by atoms with van der Waals surface area (Å²) in [5.74, 6) is 0. The Balaban J connectivity index is 2.92. The second kappa shape index (κ2) is 9.85. The summed E-state index contributed by atoms with van der Waals surface area (Å²) in [7, 11) is 2.69. The largest absolute Gasteiger partial charge is 0.321 e. The van der Waals surface area contributed by atoms with Crippen molar-refractivity contribution in [2.45, 2.75) is 89.5 Å². The number of nitriles is 1. The fourth-order valence-electron chi connectivity index (χ4n) is 2.60. The molecule has 1 aliphatic rings. The Morgan fingerprint density at radius 1 is 1.26 bits per heavy atom. The number of rotatable bonds is 9. The summed E-state index contributed by atoms with van der Waals surface area (Å²) in [5.41, 5.74) is 0. The normalized spacial score (nSPS) is 25.3. The molecule has 0 aromatic heterocycles. The minimum absolute atomic E-state index is 0.0736. The van der Waals surface area contributed by atoms with E-state index >= 15 is 0 Å². The van der Waals surface area contributed by atoms with Gasteiger partial charge in [-0.1, -0.05) is 28.5 Å². The molecule has 3 atom stereocenters. The van der Waals surface area contributed by atoms with Crippen LogP contribution in [0.1, 0.15) is 61.3 Å². The minimum atomic E-state index is -1.16. The molecular formula is C16H31N2O2PS2. The van der Waals surface area contributed by atoms with E-state index in [-0.39, 0.29) is 10.9 Å². The van der Waals surface area contributed by atoms with E-state index in [0.29, 0.717) is 30.4 Å². The smallest absolute Gasteiger partial charge is 0.259 e. The first-order valence-corrected chi connectivity index (χ1v) is 11.7. The van der Waals surface area contributed by atoms with Crippen molar-refractivity contribution >= 4 is 30.1 Å². The van der Waals surface area contributed by atoms with E-state index in [1.807, 2.05) is 21.6 Å². The van der Waals surface area contributed by atoms with Crippen molar-refractivity contribution in [3.63, 3.8) is 0 Å². The lowest BCUT2D eigenvalue weighted by Crippen LogP contribution is -2.40. The zero-order valence-corrected chi connectivity index (χ0v) is 17.9. The van der Waals surface area contributed by atoms with Gasteiger partial charge in [-0.15, -0.1) is 0 Å². The van der Waals surface area contributed by atoms with Crippen molar-refractivity contribution in [2.75, 3.05) is 6.61 Å². The third kappa shape index (κ3) is 6.06. The van der Waals surface area contributed by atoms with Crippen LogP contribution in [-0.4, -0.2) is 39.5 Å². The lowest BCUT2D eigenvalue weighted by atomic mass is 10.0. The molecule has 4 nitrogen and oxygen atoms in total. The van der Waals surface area contributed by atoms with Gasteiger partial charge in [0.2, 0.25) is 0 Å². The van der Waals surface area contributed by atoms with E-state index in [9.17, 15) is 0 Å². The second-order valence-corrected chi connectivity index (χ2v) is 11.3. The summed E-state index contributed by atoms with van der Waals surface area (Å²) in [5, 5.41) is 9.29. The van der Waals surface area contributed by atoms with Gasteiger partial charge in [-0.25, -0.2) is 4.67 Å². The van der Waals surface area contributed by atoms with Crippen LogP contribution in [0, 0.1) is 11.3 Å². The van der Waals surface area contributed by atoms with Crippen LogP contribution < -0.4 is 0 Å². The van der Waals surface area contributed by atoms with Crippen molar-refractivity contribution in [3.05, 3.63) is 0 Å². The van der Waals surface area contributed by atoms with E-state index in [2.05, 4.69) is 59.2 Å². The quantitative estimate of drug-likeness (QED) is 0.296. The lowest BCUT2D eigenvalue weighted by Gasteiger charge is -2.39. The van der Waals surface area contributed by atoms with Gasteiger partial charge < -0.3 is 9.05 Å². The lowest BCUT2D eigenvalue weighted by molar-refractivity contribution is 0.114. The average Bonchev–Trinajstić information content (AvgIpc) is 2.73. The molecule has 7 heteroatoms. The van der Waals surface area contributed by atoms with E-state index in [0.717, 1.165) is 6.42 Å². The van der Waals surface area contributed by atoms with Gasteiger partial charge in [-0.2, -0.15) is 5.26 Å². The summed E-state index contributed by atoms with van der Waals surface area (Å²) < 4.78 is 15.0. The third-order valence-corrected chi connectivity index (χ3v) is 9.69. The summed E-state index contributed by atoms with van der Waals surface area (Å²) in [4.78, 5) is 0. The molecule has 1 rings (SSSR count). The minimum Gasteiger partial charge on any atom is -0.321 e. The molecule has 0 radical (unpaired) electrons. The Morgan fingerprint density at radius 3 is 2.35 bits per heavy atom. The fraction of sp³-hybridized carbons (Fsp3) is 0.938. The summed E-state index contributed by atoms with van der Waals surface area (Å²) >= 11 is 0. The van der Waals surface area contributed by atoms with Crippen molar-refractivity contribution in [3.8, 4) is 6.07 Å². The molecule has 0 saturated carbocycles. The second-order valence-electron chi connectivity index (χ2n) is 6.80. The van der Waals surface area contributed by atoms with E-state index < -0.39 is 8.53 Å². The third-order valence-electron chi connectivity index (χ3n) is 3.68.